The Morgan fingerprint density at radius 3 is 2.34 bits per heavy atom. The van der Waals surface area contributed by atoms with Crippen LogP contribution in [0.25, 0.3) is 11.3 Å². The minimum absolute atomic E-state index is 0.0194. The first-order valence-corrected chi connectivity index (χ1v) is 22.8. The standard InChI is InChI=1S/C48H62N10O6/c1-5-31-10-12-32(13-11-31)26-50-46(63)40-24-36(59)29-58(40)47(64)43(48(2,3)4)51-45(62)33-14-16-34(17-15-33)55-19-21-56(22-20-55)42(61)30-54-18-23-57-35(28-54)27-49-44-39(57)25-38(52-53-44)37-8-6-7-9-41(37)60/h1,6-13,25,33-36,40,43,59-60H,14-24,26-30H2,2-4H3,(H,49,53)(H,50,63)(H,51,62)/t33?,34?,35-,36+,40-,43+/m0/s1. The van der Waals surface area contributed by atoms with Crippen LogP contribution in [0, 0.1) is 23.7 Å². The number of carbonyl (C=O) groups is 4. The Labute approximate surface area is 375 Å². The fourth-order valence-corrected chi connectivity index (χ4v) is 10.1. The van der Waals surface area contributed by atoms with Crippen LogP contribution >= 0.6 is 0 Å². The number of aliphatic hydroxyl groups excluding tert-OH is 1. The summed E-state index contributed by atoms with van der Waals surface area (Å²) < 4.78 is 0. The molecule has 8 rings (SSSR count). The fourth-order valence-electron chi connectivity index (χ4n) is 10.1. The van der Waals surface area contributed by atoms with Gasteiger partial charge >= 0.3 is 0 Å². The molecule has 5 heterocycles. The average molecular weight is 875 g/mol. The first-order chi connectivity index (χ1) is 30.7. The van der Waals surface area contributed by atoms with Gasteiger partial charge in [0.15, 0.2) is 5.82 Å². The third-order valence-electron chi connectivity index (χ3n) is 13.8. The molecule has 5 N–H and O–H groups in total. The van der Waals surface area contributed by atoms with Crippen molar-refractivity contribution in [2.75, 3.05) is 75.7 Å². The second-order valence-electron chi connectivity index (χ2n) is 19.1. The highest BCUT2D eigenvalue weighted by molar-refractivity contribution is 5.93. The van der Waals surface area contributed by atoms with E-state index in [-0.39, 0.29) is 60.8 Å². The fraction of sp³-hybridized carbons (Fsp3) is 0.542. The van der Waals surface area contributed by atoms with Gasteiger partial charge in [0, 0.05) is 95.0 Å². The van der Waals surface area contributed by atoms with Crippen LogP contribution in [0.15, 0.2) is 54.6 Å². The number of nitrogens with one attached hydrogen (secondary N) is 3. The highest BCUT2D eigenvalue weighted by Crippen LogP contribution is 2.36. The maximum atomic E-state index is 14.2. The lowest BCUT2D eigenvalue weighted by Crippen LogP contribution is -2.60. The monoisotopic (exact) mass is 874 g/mol. The highest BCUT2D eigenvalue weighted by Gasteiger charge is 2.45. The number of phenols is 1. The van der Waals surface area contributed by atoms with Gasteiger partial charge in [0.05, 0.1) is 30.1 Å². The van der Waals surface area contributed by atoms with E-state index in [0.717, 1.165) is 68.2 Å². The molecule has 0 unspecified atom stereocenters. The van der Waals surface area contributed by atoms with Crippen molar-refractivity contribution in [3.05, 3.63) is 65.7 Å². The highest BCUT2D eigenvalue weighted by atomic mass is 16.3. The number of likely N-dealkylation sites (tertiary alicyclic amines) is 1. The maximum Gasteiger partial charge on any atom is 0.246 e. The number of phenolic OH excluding ortho intramolecular Hbond substituents is 1. The van der Waals surface area contributed by atoms with Crippen LogP contribution in [-0.4, -0.2) is 159 Å². The van der Waals surface area contributed by atoms with Crippen molar-refractivity contribution in [3.8, 4) is 29.4 Å². The molecular formula is C48H62N10O6. The largest absolute Gasteiger partial charge is 0.507 e. The molecule has 0 spiro atoms. The molecule has 4 amide bonds. The minimum atomic E-state index is -0.876. The molecule has 1 saturated carbocycles. The van der Waals surface area contributed by atoms with Gasteiger partial charge in [-0.05, 0) is 67.0 Å². The molecular weight excluding hydrogens is 813 g/mol. The zero-order valence-electron chi connectivity index (χ0n) is 37.2. The molecule has 3 saturated heterocycles. The van der Waals surface area contributed by atoms with Gasteiger partial charge in [0.25, 0.3) is 0 Å². The number of benzene rings is 2. The van der Waals surface area contributed by atoms with Gasteiger partial charge < -0.3 is 40.9 Å². The summed E-state index contributed by atoms with van der Waals surface area (Å²) in [7, 11) is 0. The number of amides is 4. The van der Waals surface area contributed by atoms with Crippen LogP contribution in [-0.2, 0) is 25.7 Å². The van der Waals surface area contributed by atoms with Crippen molar-refractivity contribution < 1.29 is 29.4 Å². The number of aromatic nitrogens is 2. The zero-order valence-corrected chi connectivity index (χ0v) is 37.2. The van der Waals surface area contributed by atoms with Gasteiger partial charge in [-0.1, -0.05) is 51.0 Å². The smallest absolute Gasteiger partial charge is 0.246 e. The molecule has 340 valence electrons. The summed E-state index contributed by atoms with van der Waals surface area (Å²) in [6.45, 7) is 12.2. The number of aliphatic hydroxyl groups is 1. The van der Waals surface area contributed by atoms with Gasteiger partial charge in [-0.2, -0.15) is 0 Å². The number of terminal acetylenes is 1. The first-order valence-electron chi connectivity index (χ1n) is 22.8. The summed E-state index contributed by atoms with van der Waals surface area (Å²) in [6, 6.07) is 15.2. The number of β-amino-alcohol motifs (C(OH)–C–C–N with tert-alkyl or cyclic N) is 1. The normalized spacial score (nSPS) is 24.4. The number of piperazine rings is 2. The Morgan fingerprint density at radius 2 is 1.64 bits per heavy atom. The number of anilines is 2. The van der Waals surface area contributed by atoms with E-state index in [1.807, 2.05) is 56.0 Å². The Balaban J connectivity index is 0.780. The Kier molecular flexibility index (Phi) is 13.4. The lowest BCUT2D eigenvalue weighted by Gasteiger charge is -2.46. The third-order valence-corrected chi connectivity index (χ3v) is 13.8. The van der Waals surface area contributed by atoms with Crippen LogP contribution in [0.3, 0.4) is 0 Å². The third kappa shape index (κ3) is 9.96. The summed E-state index contributed by atoms with van der Waals surface area (Å²) >= 11 is 0. The van der Waals surface area contributed by atoms with E-state index in [9.17, 15) is 29.4 Å². The van der Waals surface area contributed by atoms with E-state index >= 15 is 0 Å². The van der Waals surface area contributed by atoms with Crippen LogP contribution in [0.2, 0.25) is 0 Å². The topological polar surface area (TPSA) is 187 Å². The average Bonchev–Trinajstić information content (AvgIpc) is 3.71. The van der Waals surface area contributed by atoms with Crippen LogP contribution in [0.1, 0.15) is 64.0 Å². The van der Waals surface area contributed by atoms with E-state index < -0.39 is 23.6 Å². The SMILES string of the molecule is C#Cc1ccc(CNC(=O)[C@@H]2C[C@@H](O)CN2C(=O)[C@@H](NC(=O)C2CCC(N3CCN(C(=O)CN4CCN5c6cc(-c7ccccc7O)nnc6NC[C@H]5C4)CC3)CC2)C(C)(C)C)cc1. The molecule has 5 aliphatic rings. The molecule has 3 aromatic rings. The van der Waals surface area contributed by atoms with Crippen molar-refractivity contribution in [2.24, 2.45) is 11.3 Å². The summed E-state index contributed by atoms with van der Waals surface area (Å²) in [5.74, 6) is 2.51. The van der Waals surface area contributed by atoms with Gasteiger partial charge in [0.2, 0.25) is 23.6 Å². The second-order valence-corrected chi connectivity index (χ2v) is 19.1. The van der Waals surface area contributed by atoms with Gasteiger partial charge in [0.1, 0.15) is 17.8 Å². The predicted octanol–water partition coefficient (Wildman–Crippen LogP) is 2.26. The molecule has 4 fully saturated rings. The van der Waals surface area contributed by atoms with Crippen molar-refractivity contribution >= 4 is 35.1 Å². The minimum Gasteiger partial charge on any atom is -0.507 e. The van der Waals surface area contributed by atoms with Gasteiger partial charge in [-0.15, -0.1) is 16.6 Å². The molecule has 0 bridgehead atoms. The summed E-state index contributed by atoms with van der Waals surface area (Å²) in [4.78, 5) is 65.5. The first kappa shape index (κ1) is 44.8. The Bertz CT molecular complexity index is 2230. The lowest BCUT2D eigenvalue weighted by molar-refractivity contribution is -0.144. The number of aromatic hydroxyl groups is 1. The van der Waals surface area contributed by atoms with E-state index in [1.165, 1.54) is 4.90 Å². The van der Waals surface area contributed by atoms with E-state index in [1.54, 1.807) is 24.3 Å². The van der Waals surface area contributed by atoms with Gasteiger partial charge in [-0.25, -0.2) is 0 Å². The molecule has 1 aliphatic carbocycles. The van der Waals surface area contributed by atoms with Crippen LogP contribution in [0.5, 0.6) is 5.75 Å². The molecule has 4 atom stereocenters. The van der Waals surface area contributed by atoms with Gasteiger partial charge in [-0.3, -0.25) is 29.0 Å². The van der Waals surface area contributed by atoms with Crippen molar-refractivity contribution in [1.29, 1.82) is 0 Å². The predicted molar refractivity (Wildman–Crippen MR) is 243 cm³/mol. The molecule has 2 aromatic carbocycles. The molecule has 16 nitrogen and oxygen atoms in total. The summed E-state index contributed by atoms with van der Waals surface area (Å²) in [5.41, 5.74) is 3.18. The maximum absolute atomic E-state index is 14.2. The second kappa shape index (κ2) is 19.1. The molecule has 64 heavy (non-hydrogen) atoms. The van der Waals surface area contributed by atoms with E-state index in [4.69, 9.17) is 6.42 Å². The number of fused-ring (bicyclic) bond motifs is 3. The molecule has 4 aliphatic heterocycles. The van der Waals surface area contributed by atoms with Crippen molar-refractivity contribution in [1.82, 2.24) is 40.4 Å². The quantitative estimate of drug-likeness (QED) is 0.188. The van der Waals surface area contributed by atoms with E-state index in [0.29, 0.717) is 56.3 Å². The zero-order chi connectivity index (χ0) is 45.1. The Morgan fingerprint density at radius 1 is 0.906 bits per heavy atom. The number of hydrogen-bond acceptors (Lipinski definition) is 12. The number of carbonyl (C=O) groups excluding carboxylic acids is 4. The van der Waals surface area contributed by atoms with Crippen LogP contribution in [0.4, 0.5) is 11.5 Å². The number of nitrogens with zero attached hydrogens (tertiary/aromatic N) is 7. The number of para-hydroxylation sites is 1. The molecule has 1 aromatic heterocycles. The van der Waals surface area contributed by atoms with Crippen molar-refractivity contribution in [2.45, 2.75) is 89.7 Å². The Hall–Kier alpha value is -5.76. The summed E-state index contributed by atoms with van der Waals surface area (Å²) in [5, 5.41) is 39.2. The summed E-state index contributed by atoms with van der Waals surface area (Å²) in [6.07, 6.45) is 7.85. The van der Waals surface area contributed by atoms with E-state index in [2.05, 4.69) is 46.8 Å². The van der Waals surface area contributed by atoms with Crippen molar-refractivity contribution in [3.63, 3.8) is 0 Å². The number of hydrogen-bond donors (Lipinski definition) is 5. The molecule has 16 heteroatoms. The number of rotatable bonds is 10. The molecule has 0 radical (unpaired) electrons. The van der Waals surface area contributed by atoms with Crippen LogP contribution < -0.4 is 20.9 Å². The lowest BCUT2D eigenvalue weighted by atomic mass is 9.82.